The monoisotopic (exact) mass is 457 g/mol. The zero-order valence-electron chi connectivity index (χ0n) is 20.9. The fraction of sp³-hybridized carbons (Fsp3) is 0.759. The molecule has 2 saturated carbocycles. The molecule has 2 aliphatic rings. The van der Waals surface area contributed by atoms with Crippen molar-refractivity contribution in [3.8, 4) is 0 Å². The van der Waals surface area contributed by atoms with E-state index in [0.29, 0.717) is 24.7 Å². The normalized spacial score (nSPS) is 26.8. The molecule has 0 aliphatic heterocycles. The van der Waals surface area contributed by atoms with Gasteiger partial charge in [0.15, 0.2) is 0 Å². The van der Waals surface area contributed by atoms with Gasteiger partial charge in [-0.05, 0) is 86.5 Å². The van der Waals surface area contributed by atoms with E-state index in [0.717, 1.165) is 57.4 Å². The fourth-order valence-electron chi connectivity index (χ4n) is 5.96. The van der Waals surface area contributed by atoms with Crippen molar-refractivity contribution in [1.29, 1.82) is 0 Å². The molecule has 1 amide bonds. The van der Waals surface area contributed by atoms with Crippen LogP contribution in [0.25, 0.3) is 0 Å². The number of hydrogen-bond acceptors (Lipinski definition) is 3. The van der Waals surface area contributed by atoms with Crippen LogP contribution in [0, 0.1) is 29.6 Å². The Kier molecular flexibility index (Phi) is 10.7. The summed E-state index contributed by atoms with van der Waals surface area (Å²) >= 11 is 0. The summed E-state index contributed by atoms with van der Waals surface area (Å²) in [6.07, 6.45) is 11.5. The number of carbonyl (C=O) groups excluding carboxylic acids is 1. The molecular formula is C29H47NO3. The Labute approximate surface area is 201 Å². The van der Waals surface area contributed by atoms with E-state index in [-0.39, 0.29) is 30.0 Å². The summed E-state index contributed by atoms with van der Waals surface area (Å²) in [5, 5.41) is 24.4. The van der Waals surface area contributed by atoms with Gasteiger partial charge in [-0.3, -0.25) is 4.79 Å². The molecule has 6 unspecified atom stereocenters. The molecule has 0 saturated heterocycles. The number of amides is 1. The van der Waals surface area contributed by atoms with Gasteiger partial charge in [0.1, 0.15) is 0 Å². The van der Waals surface area contributed by atoms with Crippen LogP contribution in [0.15, 0.2) is 30.3 Å². The first-order valence-corrected chi connectivity index (χ1v) is 13.6. The number of nitrogens with one attached hydrogen (secondary N) is 1. The Morgan fingerprint density at radius 1 is 1.03 bits per heavy atom. The Morgan fingerprint density at radius 3 is 2.48 bits per heavy atom. The maximum atomic E-state index is 11.9. The number of aliphatic hydroxyl groups is 2. The van der Waals surface area contributed by atoms with Crippen LogP contribution in [0.5, 0.6) is 0 Å². The molecule has 33 heavy (non-hydrogen) atoms. The molecule has 4 nitrogen and oxygen atoms in total. The van der Waals surface area contributed by atoms with Gasteiger partial charge in [0.2, 0.25) is 5.91 Å². The van der Waals surface area contributed by atoms with E-state index in [9.17, 15) is 15.0 Å². The summed E-state index contributed by atoms with van der Waals surface area (Å²) in [5.74, 6) is 2.38. The molecule has 0 radical (unpaired) electrons. The van der Waals surface area contributed by atoms with Gasteiger partial charge >= 0.3 is 0 Å². The van der Waals surface area contributed by atoms with Gasteiger partial charge in [0.25, 0.3) is 0 Å². The maximum absolute atomic E-state index is 11.9. The van der Waals surface area contributed by atoms with Gasteiger partial charge in [0, 0.05) is 13.0 Å². The first-order chi connectivity index (χ1) is 15.9. The third kappa shape index (κ3) is 9.05. The van der Waals surface area contributed by atoms with E-state index in [1.54, 1.807) is 0 Å². The molecule has 6 atom stereocenters. The van der Waals surface area contributed by atoms with Crippen LogP contribution in [-0.4, -0.2) is 34.9 Å². The van der Waals surface area contributed by atoms with E-state index in [2.05, 4.69) is 49.5 Å². The highest BCUT2D eigenvalue weighted by molar-refractivity contribution is 5.75. The number of aliphatic hydroxyl groups excluding tert-OH is 2. The lowest BCUT2D eigenvalue weighted by molar-refractivity contribution is -0.121. The van der Waals surface area contributed by atoms with Crippen molar-refractivity contribution in [2.24, 2.45) is 29.6 Å². The number of unbranched alkanes of at least 4 members (excludes halogenated alkanes) is 3. The summed E-state index contributed by atoms with van der Waals surface area (Å²) in [6, 6.07) is 10.7. The van der Waals surface area contributed by atoms with Gasteiger partial charge in [-0.15, -0.1) is 0 Å². The van der Waals surface area contributed by atoms with Crippen molar-refractivity contribution >= 4 is 5.91 Å². The highest BCUT2D eigenvalue weighted by atomic mass is 16.3. The highest BCUT2D eigenvalue weighted by Gasteiger charge is 2.43. The van der Waals surface area contributed by atoms with Crippen molar-refractivity contribution < 1.29 is 15.0 Å². The van der Waals surface area contributed by atoms with Crippen molar-refractivity contribution in [2.75, 3.05) is 6.54 Å². The molecule has 0 spiro atoms. The number of hydrogen-bond donors (Lipinski definition) is 3. The van der Waals surface area contributed by atoms with Gasteiger partial charge in [0.05, 0.1) is 12.2 Å². The molecule has 1 aromatic carbocycles. The topological polar surface area (TPSA) is 69.6 Å². The first kappa shape index (κ1) is 26.2. The third-order valence-electron chi connectivity index (χ3n) is 8.09. The highest BCUT2D eigenvalue weighted by Crippen LogP contribution is 2.42. The minimum Gasteiger partial charge on any atom is -0.393 e. The minimum absolute atomic E-state index is 0.200. The Bertz CT molecular complexity index is 689. The predicted molar refractivity (Wildman–Crippen MR) is 135 cm³/mol. The summed E-state index contributed by atoms with van der Waals surface area (Å²) in [5.41, 5.74) is 1.39. The number of benzene rings is 1. The molecule has 2 fully saturated rings. The van der Waals surface area contributed by atoms with Crippen molar-refractivity contribution in [2.45, 2.75) is 103 Å². The summed E-state index contributed by atoms with van der Waals surface area (Å²) in [6.45, 7) is 5.47. The van der Waals surface area contributed by atoms with E-state index in [1.807, 2.05) is 0 Å². The zero-order valence-corrected chi connectivity index (χ0v) is 20.9. The molecule has 3 N–H and O–H groups in total. The maximum Gasteiger partial charge on any atom is 0.220 e. The number of carbonyl (C=O) groups is 1. The van der Waals surface area contributed by atoms with Crippen LogP contribution in [0.3, 0.4) is 0 Å². The molecule has 0 bridgehead atoms. The molecule has 0 heterocycles. The number of rotatable bonds is 15. The van der Waals surface area contributed by atoms with Gasteiger partial charge < -0.3 is 15.5 Å². The van der Waals surface area contributed by atoms with Crippen molar-refractivity contribution in [3.63, 3.8) is 0 Å². The van der Waals surface area contributed by atoms with Gasteiger partial charge in [-0.25, -0.2) is 0 Å². The lowest BCUT2D eigenvalue weighted by Gasteiger charge is -2.31. The van der Waals surface area contributed by atoms with E-state index >= 15 is 0 Å². The summed E-state index contributed by atoms with van der Waals surface area (Å²) < 4.78 is 0. The largest absolute Gasteiger partial charge is 0.393 e. The summed E-state index contributed by atoms with van der Waals surface area (Å²) in [4.78, 5) is 11.9. The fourth-order valence-corrected chi connectivity index (χ4v) is 5.96. The average Bonchev–Trinajstić information content (AvgIpc) is 3.58. The second-order valence-corrected chi connectivity index (χ2v) is 11.2. The van der Waals surface area contributed by atoms with Crippen molar-refractivity contribution in [1.82, 2.24) is 5.32 Å². The van der Waals surface area contributed by atoms with Crippen LogP contribution in [-0.2, 0) is 11.2 Å². The zero-order chi connectivity index (χ0) is 23.6. The Balaban J connectivity index is 1.33. The van der Waals surface area contributed by atoms with Crippen LogP contribution < -0.4 is 5.32 Å². The van der Waals surface area contributed by atoms with Crippen LogP contribution in [0.1, 0.15) is 90.0 Å². The average molecular weight is 458 g/mol. The molecule has 1 aromatic rings. The number of aryl methyl sites for hydroxylation is 1. The second kappa shape index (κ2) is 13.5. The van der Waals surface area contributed by atoms with Gasteiger partial charge in [-0.2, -0.15) is 0 Å². The van der Waals surface area contributed by atoms with E-state index < -0.39 is 0 Å². The molecule has 3 rings (SSSR count). The Hall–Kier alpha value is -1.39. The minimum atomic E-state index is -0.378. The van der Waals surface area contributed by atoms with Crippen molar-refractivity contribution in [3.05, 3.63) is 35.9 Å². The standard InChI is InChI=1S/C29H47NO3/c1-21(14-15-23-10-6-5-7-11-23)18-22(2)29-25(26(31)19-27(29)32)12-8-3-4-9-13-28(33)30-20-24-16-17-24/h5-7,10-11,21-22,24-27,29,31-32H,3-4,8-9,12-20H2,1-2H3,(H,30,33). The van der Waals surface area contributed by atoms with Crippen LogP contribution >= 0.6 is 0 Å². The molecular weight excluding hydrogens is 410 g/mol. The molecule has 4 heteroatoms. The third-order valence-corrected chi connectivity index (χ3v) is 8.09. The quantitative estimate of drug-likeness (QED) is 0.304. The van der Waals surface area contributed by atoms with Crippen LogP contribution in [0.2, 0.25) is 0 Å². The summed E-state index contributed by atoms with van der Waals surface area (Å²) in [7, 11) is 0. The SMILES string of the molecule is CC(CCc1ccccc1)CC(C)C1C(O)CC(O)C1CCCCCCC(=O)NCC1CC1. The van der Waals surface area contributed by atoms with E-state index in [4.69, 9.17) is 0 Å². The Morgan fingerprint density at radius 2 is 1.76 bits per heavy atom. The van der Waals surface area contributed by atoms with Gasteiger partial charge in [-0.1, -0.05) is 63.4 Å². The first-order valence-electron chi connectivity index (χ1n) is 13.6. The lowest BCUT2D eigenvalue weighted by atomic mass is 9.76. The molecule has 0 aromatic heterocycles. The second-order valence-electron chi connectivity index (χ2n) is 11.2. The smallest absolute Gasteiger partial charge is 0.220 e. The lowest BCUT2D eigenvalue weighted by Crippen LogP contribution is -2.29. The molecule has 186 valence electrons. The molecule has 2 aliphatic carbocycles. The predicted octanol–water partition coefficient (Wildman–Crippen LogP) is 5.51. The van der Waals surface area contributed by atoms with Crippen LogP contribution in [0.4, 0.5) is 0 Å². The van der Waals surface area contributed by atoms with E-state index in [1.165, 1.54) is 24.8 Å².